The molecule has 1 aromatic rings. The second kappa shape index (κ2) is 6.06. The van der Waals surface area contributed by atoms with Crippen LogP contribution in [0.4, 0.5) is 0 Å². The molecule has 0 heterocycles. The summed E-state index contributed by atoms with van der Waals surface area (Å²) in [5.74, 6) is 2.44. The van der Waals surface area contributed by atoms with E-state index in [9.17, 15) is 0 Å². The van der Waals surface area contributed by atoms with Gasteiger partial charge in [0.15, 0.2) is 0 Å². The Kier molecular flexibility index (Phi) is 5.01. The largest absolute Gasteiger partial charge is 0.496 e. The lowest BCUT2D eigenvalue weighted by Crippen LogP contribution is -2.18. The molecule has 2 nitrogen and oxygen atoms in total. The van der Waals surface area contributed by atoms with Gasteiger partial charge in [0.1, 0.15) is 5.75 Å². The van der Waals surface area contributed by atoms with Gasteiger partial charge in [0.2, 0.25) is 0 Å². The molecule has 96 valence electrons. The minimum atomic E-state index is 0.429. The Morgan fingerprint density at radius 1 is 1.18 bits per heavy atom. The van der Waals surface area contributed by atoms with Crippen LogP contribution in [0.5, 0.6) is 5.75 Å². The second-order valence-electron chi connectivity index (χ2n) is 5.24. The van der Waals surface area contributed by atoms with Crippen LogP contribution in [0.25, 0.3) is 0 Å². The molecule has 0 fully saturated rings. The number of nitrogens with two attached hydrogens (primary N) is 1. The van der Waals surface area contributed by atoms with Gasteiger partial charge in [-0.25, -0.2) is 0 Å². The molecule has 2 N–H and O–H groups in total. The molecule has 0 aliphatic rings. The molecule has 1 aromatic carbocycles. The first-order chi connectivity index (χ1) is 8.01. The third kappa shape index (κ3) is 3.22. The van der Waals surface area contributed by atoms with Gasteiger partial charge in [0.05, 0.1) is 7.11 Å². The molecule has 0 saturated carbocycles. The summed E-state index contributed by atoms with van der Waals surface area (Å²) in [5.41, 5.74) is 8.46. The Balaban J connectivity index is 3.15. The first kappa shape index (κ1) is 14.0. The summed E-state index contributed by atoms with van der Waals surface area (Å²) in [5, 5.41) is 0. The maximum Gasteiger partial charge on any atom is 0.122 e. The van der Waals surface area contributed by atoms with E-state index in [2.05, 4.69) is 45.9 Å². The van der Waals surface area contributed by atoms with Crippen LogP contribution < -0.4 is 10.5 Å². The number of ether oxygens (including phenoxy) is 1. The van der Waals surface area contributed by atoms with Gasteiger partial charge in [-0.05, 0) is 41.5 Å². The van der Waals surface area contributed by atoms with Gasteiger partial charge in [-0.15, -0.1) is 0 Å². The van der Waals surface area contributed by atoms with Crippen molar-refractivity contribution >= 4 is 0 Å². The molecule has 2 heteroatoms. The molecular formula is C15H25NO. The lowest BCUT2D eigenvalue weighted by Gasteiger charge is -2.22. The average Bonchev–Trinajstić information content (AvgIpc) is 2.29. The Labute approximate surface area is 105 Å². The Hall–Kier alpha value is -1.02. The number of methoxy groups -OCH3 is 1. The van der Waals surface area contributed by atoms with Gasteiger partial charge in [-0.3, -0.25) is 0 Å². The molecule has 1 unspecified atom stereocenters. The lowest BCUT2D eigenvalue weighted by atomic mass is 9.86. The van der Waals surface area contributed by atoms with E-state index in [0.717, 1.165) is 5.75 Å². The van der Waals surface area contributed by atoms with Gasteiger partial charge in [0, 0.05) is 0 Å². The lowest BCUT2D eigenvalue weighted by molar-refractivity contribution is 0.406. The summed E-state index contributed by atoms with van der Waals surface area (Å²) >= 11 is 0. The summed E-state index contributed by atoms with van der Waals surface area (Å²) in [6.45, 7) is 9.51. The summed E-state index contributed by atoms with van der Waals surface area (Å²) in [4.78, 5) is 0. The first-order valence-electron chi connectivity index (χ1n) is 6.39. The number of benzene rings is 1. The van der Waals surface area contributed by atoms with Gasteiger partial charge >= 0.3 is 0 Å². The molecule has 0 aliphatic heterocycles. The van der Waals surface area contributed by atoms with Crippen LogP contribution in [0.3, 0.4) is 0 Å². The van der Waals surface area contributed by atoms with Crippen LogP contribution in [-0.2, 0) is 0 Å². The maximum absolute atomic E-state index is 5.87. The second-order valence-corrected chi connectivity index (χ2v) is 5.24. The van der Waals surface area contributed by atoms with Crippen molar-refractivity contribution in [1.29, 1.82) is 0 Å². The Morgan fingerprint density at radius 3 is 2.24 bits per heavy atom. The standard InChI is InChI=1S/C15H25NO/c1-10(2)13-8-12(6-7-15(13)17-5)14(9-16)11(3)4/h6-8,10-11,14H,9,16H2,1-5H3. The van der Waals surface area contributed by atoms with Crippen LogP contribution in [0, 0.1) is 5.92 Å². The third-order valence-electron chi connectivity index (χ3n) is 3.36. The highest BCUT2D eigenvalue weighted by molar-refractivity contribution is 5.40. The summed E-state index contributed by atoms with van der Waals surface area (Å²) in [6, 6.07) is 6.46. The predicted molar refractivity (Wildman–Crippen MR) is 73.7 cm³/mol. The van der Waals surface area contributed by atoms with Crippen LogP contribution in [0.15, 0.2) is 18.2 Å². The van der Waals surface area contributed by atoms with Crippen molar-refractivity contribution in [3.05, 3.63) is 29.3 Å². The van der Waals surface area contributed by atoms with Crippen LogP contribution >= 0.6 is 0 Å². The molecule has 0 aliphatic carbocycles. The van der Waals surface area contributed by atoms with Crippen molar-refractivity contribution in [2.45, 2.75) is 39.5 Å². The van der Waals surface area contributed by atoms with Crippen molar-refractivity contribution in [3.63, 3.8) is 0 Å². The minimum absolute atomic E-state index is 0.429. The molecule has 0 saturated heterocycles. The van der Waals surface area contributed by atoms with Gasteiger partial charge < -0.3 is 10.5 Å². The molecular weight excluding hydrogens is 210 g/mol. The van der Waals surface area contributed by atoms with E-state index >= 15 is 0 Å². The van der Waals surface area contributed by atoms with Crippen molar-refractivity contribution in [3.8, 4) is 5.75 Å². The normalized spacial score (nSPS) is 13.2. The zero-order valence-corrected chi connectivity index (χ0v) is 11.7. The van der Waals surface area contributed by atoms with Crippen LogP contribution in [0.1, 0.15) is 50.7 Å². The van der Waals surface area contributed by atoms with E-state index in [1.54, 1.807) is 7.11 Å². The van der Waals surface area contributed by atoms with E-state index < -0.39 is 0 Å². The molecule has 0 radical (unpaired) electrons. The van der Waals surface area contributed by atoms with E-state index in [4.69, 9.17) is 10.5 Å². The molecule has 1 rings (SSSR count). The molecule has 0 aromatic heterocycles. The van der Waals surface area contributed by atoms with E-state index in [-0.39, 0.29) is 0 Å². The van der Waals surface area contributed by atoms with Crippen molar-refractivity contribution in [2.24, 2.45) is 11.7 Å². The Morgan fingerprint density at radius 2 is 1.82 bits per heavy atom. The molecule has 17 heavy (non-hydrogen) atoms. The minimum Gasteiger partial charge on any atom is -0.496 e. The average molecular weight is 235 g/mol. The monoisotopic (exact) mass is 235 g/mol. The SMILES string of the molecule is COc1ccc(C(CN)C(C)C)cc1C(C)C. The van der Waals surface area contributed by atoms with Crippen molar-refractivity contribution in [2.75, 3.05) is 13.7 Å². The molecule has 0 amide bonds. The van der Waals surface area contributed by atoms with E-state index in [1.807, 2.05) is 0 Å². The van der Waals surface area contributed by atoms with Gasteiger partial charge in [-0.1, -0.05) is 39.8 Å². The van der Waals surface area contributed by atoms with Crippen molar-refractivity contribution < 1.29 is 4.74 Å². The fraction of sp³-hybridized carbons (Fsp3) is 0.600. The highest BCUT2D eigenvalue weighted by atomic mass is 16.5. The smallest absolute Gasteiger partial charge is 0.122 e. The van der Waals surface area contributed by atoms with Crippen LogP contribution in [0.2, 0.25) is 0 Å². The maximum atomic E-state index is 5.87. The molecule has 0 spiro atoms. The van der Waals surface area contributed by atoms with Gasteiger partial charge in [-0.2, -0.15) is 0 Å². The highest BCUT2D eigenvalue weighted by Crippen LogP contribution is 2.32. The summed E-state index contributed by atoms with van der Waals surface area (Å²) in [6.07, 6.45) is 0. The fourth-order valence-corrected chi connectivity index (χ4v) is 2.23. The third-order valence-corrected chi connectivity index (χ3v) is 3.36. The molecule has 0 bridgehead atoms. The summed E-state index contributed by atoms with van der Waals surface area (Å²) < 4.78 is 5.40. The zero-order chi connectivity index (χ0) is 13.0. The van der Waals surface area contributed by atoms with E-state index in [0.29, 0.717) is 24.3 Å². The topological polar surface area (TPSA) is 35.2 Å². The molecule has 1 atom stereocenters. The van der Waals surface area contributed by atoms with Crippen molar-refractivity contribution in [1.82, 2.24) is 0 Å². The fourth-order valence-electron chi connectivity index (χ4n) is 2.23. The van der Waals surface area contributed by atoms with E-state index in [1.165, 1.54) is 11.1 Å². The number of hydrogen-bond acceptors (Lipinski definition) is 2. The highest BCUT2D eigenvalue weighted by Gasteiger charge is 2.16. The van der Waals surface area contributed by atoms with Gasteiger partial charge in [0.25, 0.3) is 0 Å². The first-order valence-corrected chi connectivity index (χ1v) is 6.39. The van der Waals surface area contributed by atoms with Crippen LogP contribution in [-0.4, -0.2) is 13.7 Å². The predicted octanol–water partition coefficient (Wildman–Crippen LogP) is 3.52. The quantitative estimate of drug-likeness (QED) is 0.847. The summed E-state index contributed by atoms with van der Waals surface area (Å²) in [7, 11) is 1.73. The number of hydrogen-bond donors (Lipinski definition) is 1. The Bertz CT molecular complexity index is 358. The number of rotatable bonds is 5. The zero-order valence-electron chi connectivity index (χ0n) is 11.7.